The van der Waals surface area contributed by atoms with Gasteiger partial charge in [-0.15, -0.1) is 0 Å². The molecule has 0 saturated heterocycles. The van der Waals surface area contributed by atoms with Crippen LogP contribution in [-0.2, 0) is 4.74 Å². The van der Waals surface area contributed by atoms with Crippen molar-refractivity contribution < 1.29 is 9.13 Å². The lowest BCUT2D eigenvalue weighted by atomic mass is 10.1. The molecule has 1 aromatic carbocycles. The number of nitrogens with one attached hydrogen (secondary N) is 1. The summed E-state index contributed by atoms with van der Waals surface area (Å²) < 4.78 is 19.1. The van der Waals surface area contributed by atoms with Crippen LogP contribution in [0.25, 0.3) is 0 Å². The lowest BCUT2D eigenvalue weighted by molar-refractivity contribution is 0.0444. The van der Waals surface area contributed by atoms with E-state index < -0.39 is 0 Å². The highest BCUT2D eigenvalue weighted by atomic mass is 19.1. The highest BCUT2D eigenvalue weighted by molar-refractivity contribution is 5.19. The summed E-state index contributed by atoms with van der Waals surface area (Å²) >= 11 is 0. The molecule has 1 aliphatic rings. The largest absolute Gasteiger partial charge is 0.372 e. The monoisotopic (exact) mass is 279 g/mol. The zero-order valence-electron chi connectivity index (χ0n) is 12.8. The molecule has 0 aromatic heterocycles. The van der Waals surface area contributed by atoms with Crippen molar-refractivity contribution in [2.75, 3.05) is 13.2 Å². The Morgan fingerprint density at radius 2 is 1.90 bits per heavy atom. The van der Waals surface area contributed by atoms with Crippen LogP contribution in [0.4, 0.5) is 4.39 Å². The highest BCUT2D eigenvalue weighted by Crippen LogP contribution is 2.32. The Hall–Kier alpha value is -0.930. The van der Waals surface area contributed by atoms with Gasteiger partial charge in [-0.2, -0.15) is 0 Å². The summed E-state index contributed by atoms with van der Waals surface area (Å²) in [7, 11) is 0. The van der Waals surface area contributed by atoms with Gasteiger partial charge in [0.25, 0.3) is 0 Å². The predicted molar refractivity (Wildman–Crippen MR) is 80.2 cm³/mol. The molecule has 0 amide bonds. The average molecular weight is 279 g/mol. The first-order valence-electron chi connectivity index (χ1n) is 7.56. The van der Waals surface area contributed by atoms with E-state index in [0.717, 1.165) is 31.1 Å². The molecule has 1 saturated carbocycles. The van der Waals surface area contributed by atoms with Crippen molar-refractivity contribution in [2.45, 2.75) is 51.7 Å². The second-order valence-electron chi connectivity index (χ2n) is 6.77. The van der Waals surface area contributed by atoms with Gasteiger partial charge in [0.15, 0.2) is 0 Å². The Morgan fingerprint density at radius 1 is 1.25 bits per heavy atom. The first kappa shape index (κ1) is 15.5. The molecule has 2 nitrogen and oxygen atoms in total. The van der Waals surface area contributed by atoms with Gasteiger partial charge in [-0.05, 0) is 50.8 Å². The third-order valence-corrected chi connectivity index (χ3v) is 3.60. The quantitative estimate of drug-likeness (QED) is 0.812. The van der Waals surface area contributed by atoms with Crippen LogP contribution in [-0.4, -0.2) is 18.7 Å². The zero-order valence-corrected chi connectivity index (χ0v) is 12.8. The lowest BCUT2D eigenvalue weighted by Crippen LogP contribution is -2.39. The Morgan fingerprint density at radius 3 is 2.45 bits per heavy atom. The van der Waals surface area contributed by atoms with E-state index in [9.17, 15) is 4.39 Å². The zero-order chi connectivity index (χ0) is 14.6. The molecule has 1 fully saturated rings. The van der Waals surface area contributed by atoms with Crippen LogP contribution in [0.3, 0.4) is 0 Å². The molecule has 0 heterocycles. The van der Waals surface area contributed by atoms with E-state index in [2.05, 4.69) is 26.1 Å². The maximum absolute atomic E-state index is 13.0. The molecule has 20 heavy (non-hydrogen) atoms. The summed E-state index contributed by atoms with van der Waals surface area (Å²) in [6.45, 7) is 7.95. The van der Waals surface area contributed by atoms with Crippen molar-refractivity contribution in [2.24, 2.45) is 5.92 Å². The van der Waals surface area contributed by atoms with Crippen molar-refractivity contribution in [1.82, 2.24) is 5.32 Å². The van der Waals surface area contributed by atoms with Crippen LogP contribution >= 0.6 is 0 Å². The predicted octanol–water partition coefficient (Wildman–Crippen LogP) is 4.07. The van der Waals surface area contributed by atoms with Crippen LogP contribution in [0.15, 0.2) is 24.3 Å². The van der Waals surface area contributed by atoms with Gasteiger partial charge >= 0.3 is 0 Å². The van der Waals surface area contributed by atoms with Crippen molar-refractivity contribution in [3.63, 3.8) is 0 Å². The summed E-state index contributed by atoms with van der Waals surface area (Å²) in [5.74, 6) is 0.675. The van der Waals surface area contributed by atoms with Gasteiger partial charge in [0.1, 0.15) is 5.82 Å². The van der Waals surface area contributed by atoms with Gasteiger partial charge in [0.05, 0.1) is 6.10 Å². The number of rotatable bonds is 7. The van der Waals surface area contributed by atoms with Crippen LogP contribution in [0.5, 0.6) is 0 Å². The van der Waals surface area contributed by atoms with E-state index in [1.54, 1.807) is 0 Å². The molecule has 1 N–H and O–H groups in total. The SMILES string of the molecule is CC(C)(C)NCC(OCCC1CC1)c1ccc(F)cc1. The Balaban J connectivity index is 1.92. The molecule has 0 aliphatic heterocycles. The highest BCUT2D eigenvalue weighted by Gasteiger charge is 2.22. The number of hydrogen-bond acceptors (Lipinski definition) is 2. The van der Waals surface area contributed by atoms with Gasteiger partial charge in [-0.3, -0.25) is 0 Å². The van der Waals surface area contributed by atoms with E-state index in [1.807, 2.05) is 12.1 Å². The molecule has 2 rings (SSSR count). The number of hydrogen-bond donors (Lipinski definition) is 1. The van der Waals surface area contributed by atoms with Gasteiger partial charge in [0.2, 0.25) is 0 Å². The number of halogens is 1. The molecular formula is C17H26FNO. The maximum atomic E-state index is 13.0. The topological polar surface area (TPSA) is 21.3 Å². The molecule has 1 unspecified atom stereocenters. The minimum Gasteiger partial charge on any atom is -0.372 e. The molecule has 0 radical (unpaired) electrons. The van der Waals surface area contributed by atoms with Crippen LogP contribution in [0, 0.1) is 11.7 Å². The van der Waals surface area contributed by atoms with Crippen LogP contribution in [0.2, 0.25) is 0 Å². The first-order valence-corrected chi connectivity index (χ1v) is 7.56. The second-order valence-corrected chi connectivity index (χ2v) is 6.77. The Labute approximate surface area is 121 Å². The van der Waals surface area contributed by atoms with Crippen molar-refractivity contribution >= 4 is 0 Å². The average Bonchev–Trinajstić information content (AvgIpc) is 3.18. The lowest BCUT2D eigenvalue weighted by Gasteiger charge is -2.26. The molecule has 112 valence electrons. The van der Waals surface area contributed by atoms with E-state index >= 15 is 0 Å². The molecule has 1 aliphatic carbocycles. The van der Waals surface area contributed by atoms with Gasteiger partial charge < -0.3 is 10.1 Å². The fourth-order valence-corrected chi connectivity index (χ4v) is 2.13. The molecule has 0 spiro atoms. The minimum absolute atomic E-state index is 0.00595. The number of ether oxygens (including phenoxy) is 1. The van der Waals surface area contributed by atoms with E-state index in [4.69, 9.17) is 4.74 Å². The smallest absolute Gasteiger partial charge is 0.123 e. The van der Waals surface area contributed by atoms with Crippen molar-refractivity contribution in [1.29, 1.82) is 0 Å². The van der Waals surface area contributed by atoms with Crippen LogP contribution < -0.4 is 5.32 Å². The van der Waals surface area contributed by atoms with Crippen LogP contribution in [0.1, 0.15) is 51.7 Å². The maximum Gasteiger partial charge on any atom is 0.123 e. The molecule has 1 atom stereocenters. The summed E-state index contributed by atoms with van der Waals surface area (Å²) in [4.78, 5) is 0. The number of benzene rings is 1. The standard InChI is InChI=1S/C17H26FNO/c1-17(2,3)19-12-16(20-11-10-13-4-5-13)14-6-8-15(18)9-7-14/h6-9,13,16,19H,4-5,10-12H2,1-3H3. The van der Waals surface area contributed by atoms with Gasteiger partial charge in [0, 0.05) is 18.7 Å². The minimum atomic E-state index is -0.200. The molecule has 1 aromatic rings. The molecule has 3 heteroatoms. The third-order valence-electron chi connectivity index (χ3n) is 3.60. The molecular weight excluding hydrogens is 253 g/mol. The Kier molecular flexibility index (Phi) is 5.17. The molecule has 0 bridgehead atoms. The van der Waals surface area contributed by atoms with Crippen molar-refractivity contribution in [3.05, 3.63) is 35.6 Å². The summed E-state index contributed by atoms with van der Waals surface area (Å²) in [6, 6.07) is 6.65. The van der Waals surface area contributed by atoms with Gasteiger partial charge in [-0.25, -0.2) is 4.39 Å². The van der Waals surface area contributed by atoms with E-state index in [0.29, 0.717) is 0 Å². The second kappa shape index (κ2) is 6.68. The summed E-state index contributed by atoms with van der Waals surface area (Å²) in [5.41, 5.74) is 1.09. The fraction of sp³-hybridized carbons (Fsp3) is 0.647. The summed E-state index contributed by atoms with van der Waals surface area (Å²) in [6.07, 6.45) is 3.84. The van der Waals surface area contributed by atoms with E-state index in [-0.39, 0.29) is 17.5 Å². The van der Waals surface area contributed by atoms with E-state index in [1.165, 1.54) is 25.0 Å². The Bertz CT molecular complexity index is 406. The normalized spacial score (nSPS) is 17.2. The summed E-state index contributed by atoms with van der Waals surface area (Å²) in [5, 5.41) is 3.47. The third kappa shape index (κ3) is 5.59. The van der Waals surface area contributed by atoms with Gasteiger partial charge in [-0.1, -0.05) is 25.0 Å². The van der Waals surface area contributed by atoms with Crippen molar-refractivity contribution in [3.8, 4) is 0 Å². The first-order chi connectivity index (χ1) is 9.44. The fourth-order valence-electron chi connectivity index (χ4n) is 2.13.